The molecule has 2 rings (SSSR count). The summed E-state index contributed by atoms with van der Waals surface area (Å²) in [6.07, 6.45) is 0.412. The Balaban J connectivity index is 2.01. The van der Waals surface area contributed by atoms with Crippen LogP contribution in [-0.2, 0) is 19.4 Å². The number of carbonyl (C=O) groups is 2. The first kappa shape index (κ1) is 16.8. The zero-order valence-corrected chi connectivity index (χ0v) is 13.7. The van der Waals surface area contributed by atoms with Crippen molar-refractivity contribution < 1.29 is 18.0 Å². The highest BCUT2D eigenvalue weighted by Gasteiger charge is 2.29. The number of sulfone groups is 1. The molecule has 1 aromatic carbocycles. The first-order valence-electron chi connectivity index (χ1n) is 6.80. The Morgan fingerprint density at radius 2 is 1.95 bits per heavy atom. The molecule has 1 unspecified atom stereocenters. The van der Waals surface area contributed by atoms with E-state index in [4.69, 9.17) is 11.6 Å². The number of rotatable bonds is 4. The molecular weight excluding hydrogens is 328 g/mol. The highest BCUT2D eigenvalue weighted by molar-refractivity contribution is 7.91. The van der Waals surface area contributed by atoms with Crippen molar-refractivity contribution in [2.75, 3.05) is 23.0 Å². The van der Waals surface area contributed by atoms with Gasteiger partial charge in [0.05, 0.1) is 11.5 Å². The van der Waals surface area contributed by atoms with Crippen LogP contribution in [0.5, 0.6) is 0 Å². The van der Waals surface area contributed by atoms with Crippen molar-refractivity contribution in [2.24, 2.45) is 0 Å². The van der Waals surface area contributed by atoms with Crippen molar-refractivity contribution in [3.63, 3.8) is 0 Å². The van der Waals surface area contributed by atoms with Crippen molar-refractivity contribution in [3.05, 3.63) is 29.3 Å². The van der Waals surface area contributed by atoms with Gasteiger partial charge in [0.25, 0.3) is 0 Å². The Morgan fingerprint density at radius 3 is 2.45 bits per heavy atom. The maximum atomic E-state index is 12.0. The van der Waals surface area contributed by atoms with E-state index in [0.717, 1.165) is 0 Å². The highest BCUT2D eigenvalue weighted by atomic mass is 35.5. The molecular formula is C14H17ClN2O4S. The van der Waals surface area contributed by atoms with E-state index in [1.54, 1.807) is 24.3 Å². The summed E-state index contributed by atoms with van der Waals surface area (Å²) in [6, 6.07) is 6.19. The van der Waals surface area contributed by atoms with Crippen molar-refractivity contribution in [1.29, 1.82) is 0 Å². The Labute approximate surface area is 134 Å². The van der Waals surface area contributed by atoms with Crippen LogP contribution in [0.1, 0.15) is 13.3 Å². The topological polar surface area (TPSA) is 83.6 Å². The molecule has 6 nitrogen and oxygen atoms in total. The van der Waals surface area contributed by atoms with Crippen molar-refractivity contribution in [1.82, 2.24) is 5.32 Å². The first-order chi connectivity index (χ1) is 10.3. The number of nitrogens with zero attached hydrogens (tertiary/aromatic N) is 1. The lowest BCUT2D eigenvalue weighted by atomic mass is 10.2. The molecule has 2 amide bonds. The fourth-order valence-corrected chi connectivity index (χ4v) is 4.13. The molecule has 1 heterocycles. The summed E-state index contributed by atoms with van der Waals surface area (Å²) in [4.78, 5) is 25.1. The Kier molecular flexibility index (Phi) is 5.08. The zero-order chi connectivity index (χ0) is 16.3. The van der Waals surface area contributed by atoms with Crippen LogP contribution in [0.3, 0.4) is 0 Å². The van der Waals surface area contributed by atoms with Crippen LogP contribution in [-0.4, -0.2) is 44.3 Å². The van der Waals surface area contributed by atoms with Gasteiger partial charge in [0.2, 0.25) is 11.8 Å². The van der Waals surface area contributed by atoms with E-state index in [1.807, 2.05) is 0 Å². The molecule has 120 valence electrons. The van der Waals surface area contributed by atoms with Crippen molar-refractivity contribution >= 4 is 38.9 Å². The van der Waals surface area contributed by atoms with Gasteiger partial charge in [-0.25, -0.2) is 8.42 Å². The summed E-state index contributed by atoms with van der Waals surface area (Å²) in [5.74, 6) is -0.616. The number of benzene rings is 1. The van der Waals surface area contributed by atoms with Crippen LogP contribution in [0.15, 0.2) is 24.3 Å². The van der Waals surface area contributed by atoms with Crippen LogP contribution in [0.4, 0.5) is 5.69 Å². The van der Waals surface area contributed by atoms with Gasteiger partial charge in [-0.2, -0.15) is 0 Å². The Hall–Kier alpha value is -1.60. The lowest BCUT2D eigenvalue weighted by Crippen LogP contribution is -2.44. The van der Waals surface area contributed by atoms with Crippen LogP contribution < -0.4 is 10.2 Å². The number of amides is 2. The normalized spacial score (nSPS) is 19.6. The van der Waals surface area contributed by atoms with E-state index in [-0.39, 0.29) is 35.9 Å². The Bertz CT molecular complexity index is 673. The van der Waals surface area contributed by atoms with E-state index >= 15 is 0 Å². The minimum absolute atomic E-state index is 0.0419. The fraction of sp³-hybridized carbons (Fsp3) is 0.429. The third kappa shape index (κ3) is 4.45. The molecule has 1 aliphatic heterocycles. The van der Waals surface area contributed by atoms with Crippen molar-refractivity contribution in [2.45, 2.75) is 19.4 Å². The average Bonchev–Trinajstić information content (AvgIpc) is 2.76. The molecule has 8 heteroatoms. The number of hydrogen-bond donors (Lipinski definition) is 1. The molecule has 0 saturated carbocycles. The van der Waals surface area contributed by atoms with Gasteiger partial charge in [0.15, 0.2) is 9.84 Å². The molecule has 1 aliphatic rings. The molecule has 1 fully saturated rings. The molecule has 1 saturated heterocycles. The second kappa shape index (κ2) is 6.66. The number of halogens is 1. The number of hydrogen-bond acceptors (Lipinski definition) is 4. The predicted molar refractivity (Wildman–Crippen MR) is 84.7 cm³/mol. The van der Waals surface area contributed by atoms with E-state index in [9.17, 15) is 18.0 Å². The van der Waals surface area contributed by atoms with Crippen LogP contribution in [0.25, 0.3) is 0 Å². The first-order valence-corrected chi connectivity index (χ1v) is 9.00. The van der Waals surface area contributed by atoms with Crippen LogP contribution in [0.2, 0.25) is 5.02 Å². The van der Waals surface area contributed by atoms with Gasteiger partial charge < -0.3 is 10.2 Å². The van der Waals surface area contributed by atoms with Crippen molar-refractivity contribution in [3.8, 4) is 0 Å². The van der Waals surface area contributed by atoms with E-state index in [0.29, 0.717) is 17.1 Å². The van der Waals surface area contributed by atoms with E-state index in [1.165, 1.54) is 11.8 Å². The predicted octanol–water partition coefficient (Wildman–Crippen LogP) is 0.996. The second-order valence-electron chi connectivity index (χ2n) is 5.25. The SMILES string of the molecule is CC(=O)N(CC(=O)NC1CCS(=O)(=O)C1)c1ccc(Cl)cc1. The summed E-state index contributed by atoms with van der Waals surface area (Å²) >= 11 is 5.80. The van der Waals surface area contributed by atoms with Crippen LogP contribution >= 0.6 is 11.6 Å². The smallest absolute Gasteiger partial charge is 0.240 e. The summed E-state index contributed by atoms with van der Waals surface area (Å²) < 4.78 is 22.8. The zero-order valence-electron chi connectivity index (χ0n) is 12.1. The van der Waals surface area contributed by atoms with E-state index in [2.05, 4.69) is 5.32 Å². The minimum Gasteiger partial charge on any atom is -0.351 e. The van der Waals surface area contributed by atoms with Gasteiger partial charge in [-0.3, -0.25) is 9.59 Å². The lowest BCUT2D eigenvalue weighted by Gasteiger charge is -2.21. The number of carbonyl (C=O) groups excluding carboxylic acids is 2. The van der Waals surface area contributed by atoms with Gasteiger partial charge in [-0.05, 0) is 30.7 Å². The molecule has 0 radical (unpaired) electrons. The maximum absolute atomic E-state index is 12.0. The largest absolute Gasteiger partial charge is 0.351 e. The standard InChI is InChI=1S/C14H17ClN2O4S/c1-10(18)17(13-4-2-11(15)3-5-13)8-14(19)16-12-6-7-22(20,21)9-12/h2-5,12H,6-9H2,1H3,(H,16,19). The molecule has 0 bridgehead atoms. The third-order valence-corrected chi connectivity index (χ3v) is 5.44. The molecule has 0 spiro atoms. The van der Waals surface area contributed by atoms with Gasteiger partial charge in [0, 0.05) is 23.7 Å². The molecule has 1 N–H and O–H groups in total. The lowest BCUT2D eigenvalue weighted by molar-refractivity contribution is -0.123. The average molecular weight is 345 g/mol. The molecule has 1 aromatic rings. The minimum atomic E-state index is -3.05. The quantitative estimate of drug-likeness (QED) is 0.883. The maximum Gasteiger partial charge on any atom is 0.240 e. The summed E-state index contributed by atoms with van der Waals surface area (Å²) in [5.41, 5.74) is 0.561. The second-order valence-corrected chi connectivity index (χ2v) is 7.91. The number of anilines is 1. The molecule has 1 atom stereocenters. The molecule has 0 aliphatic carbocycles. The highest BCUT2D eigenvalue weighted by Crippen LogP contribution is 2.18. The van der Waals surface area contributed by atoms with Crippen LogP contribution in [0, 0.1) is 0 Å². The molecule has 0 aromatic heterocycles. The fourth-order valence-electron chi connectivity index (χ4n) is 2.33. The van der Waals surface area contributed by atoms with Gasteiger partial charge in [0.1, 0.15) is 6.54 Å². The van der Waals surface area contributed by atoms with Gasteiger partial charge >= 0.3 is 0 Å². The van der Waals surface area contributed by atoms with E-state index < -0.39 is 9.84 Å². The summed E-state index contributed by atoms with van der Waals surface area (Å²) in [7, 11) is -3.05. The monoisotopic (exact) mass is 344 g/mol. The van der Waals surface area contributed by atoms with Gasteiger partial charge in [-0.15, -0.1) is 0 Å². The summed E-state index contributed by atoms with van der Waals surface area (Å²) in [5, 5.41) is 3.20. The molecule has 22 heavy (non-hydrogen) atoms. The Morgan fingerprint density at radius 1 is 1.32 bits per heavy atom. The number of nitrogens with one attached hydrogen (secondary N) is 1. The third-order valence-electron chi connectivity index (χ3n) is 3.42. The summed E-state index contributed by atoms with van der Waals surface area (Å²) in [6.45, 7) is 1.20. The van der Waals surface area contributed by atoms with Gasteiger partial charge in [-0.1, -0.05) is 11.6 Å².